The minimum Gasteiger partial charge on any atom is -0.497 e. The van der Waals surface area contributed by atoms with Gasteiger partial charge in [0.2, 0.25) is 0 Å². The summed E-state index contributed by atoms with van der Waals surface area (Å²) in [5, 5.41) is 8.85. The molecule has 0 spiro atoms. The van der Waals surface area contributed by atoms with E-state index in [9.17, 15) is 4.79 Å². The number of aryl methyl sites for hydroxylation is 1. The molecule has 2 amide bonds. The van der Waals surface area contributed by atoms with Gasteiger partial charge in [0.25, 0.3) is 0 Å². The van der Waals surface area contributed by atoms with Crippen LogP contribution < -0.4 is 15.4 Å². The zero-order chi connectivity index (χ0) is 16.8. The molecule has 2 rings (SSSR count). The number of nitrogens with one attached hydrogen (secondary N) is 2. The van der Waals surface area contributed by atoms with Crippen molar-refractivity contribution in [3.8, 4) is 5.75 Å². The number of urea groups is 1. The maximum atomic E-state index is 12.1. The number of aromatic nitrogens is 1. The van der Waals surface area contributed by atoms with Gasteiger partial charge in [0, 0.05) is 11.4 Å². The van der Waals surface area contributed by atoms with Crippen LogP contribution in [0.3, 0.4) is 0 Å². The van der Waals surface area contributed by atoms with Gasteiger partial charge < -0.3 is 15.4 Å². The highest BCUT2D eigenvalue weighted by molar-refractivity contribution is 7.09. The second kappa shape index (κ2) is 7.97. The highest BCUT2D eigenvalue weighted by atomic mass is 32.1. The molecule has 2 atom stereocenters. The minimum absolute atomic E-state index is 0.0199. The van der Waals surface area contributed by atoms with Crippen molar-refractivity contribution in [1.82, 2.24) is 15.6 Å². The van der Waals surface area contributed by atoms with Crippen LogP contribution >= 0.6 is 11.3 Å². The average Bonchev–Trinajstić information content (AvgIpc) is 2.93. The van der Waals surface area contributed by atoms with Gasteiger partial charge in [-0.05, 0) is 44.9 Å². The van der Waals surface area contributed by atoms with Crippen molar-refractivity contribution in [1.29, 1.82) is 0 Å². The first-order valence-electron chi connectivity index (χ1n) is 7.60. The van der Waals surface area contributed by atoms with E-state index in [4.69, 9.17) is 4.74 Å². The van der Waals surface area contributed by atoms with Gasteiger partial charge in [-0.1, -0.05) is 12.1 Å². The largest absolute Gasteiger partial charge is 0.497 e. The molecule has 2 N–H and O–H groups in total. The van der Waals surface area contributed by atoms with Crippen LogP contribution in [0.1, 0.15) is 36.2 Å². The quantitative estimate of drug-likeness (QED) is 0.851. The van der Waals surface area contributed by atoms with Gasteiger partial charge in [-0.15, -0.1) is 11.3 Å². The summed E-state index contributed by atoms with van der Waals surface area (Å²) in [6.07, 6.45) is 0.745. The molecule has 0 saturated carbocycles. The van der Waals surface area contributed by atoms with E-state index in [1.54, 1.807) is 18.4 Å². The number of ether oxygens (including phenoxy) is 1. The van der Waals surface area contributed by atoms with Crippen molar-refractivity contribution >= 4 is 17.4 Å². The minimum atomic E-state index is -0.182. The molecular weight excluding hydrogens is 310 g/mol. The van der Waals surface area contributed by atoms with E-state index >= 15 is 0 Å². The zero-order valence-electron chi connectivity index (χ0n) is 13.9. The van der Waals surface area contributed by atoms with Gasteiger partial charge in [0.15, 0.2) is 0 Å². The van der Waals surface area contributed by atoms with Crippen LogP contribution in [0.25, 0.3) is 0 Å². The molecule has 2 aromatic rings. The third kappa shape index (κ3) is 5.25. The Morgan fingerprint density at radius 1 is 1.35 bits per heavy atom. The zero-order valence-corrected chi connectivity index (χ0v) is 14.7. The van der Waals surface area contributed by atoms with E-state index in [1.807, 2.05) is 50.4 Å². The van der Waals surface area contributed by atoms with E-state index in [-0.39, 0.29) is 18.1 Å². The smallest absolute Gasteiger partial charge is 0.315 e. The average molecular weight is 333 g/mol. The summed E-state index contributed by atoms with van der Waals surface area (Å²) in [4.78, 5) is 16.5. The predicted molar refractivity (Wildman–Crippen MR) is 93.1 cm³/mol. The molecule has 0 bridgehead atoms. The van der Waals surface area contributed by atoms with Gasteiger partial charge in [-0.25, -0.2) is 9.78 Å². The van der Waals surface area contributed by atoms with Gasteiger partial charge in [-0.2, -0.15) is 0 Å². The fraction of sp³-hybridized carbons (Fsp3) is 0.412. The van der Waals surface area contributed by atoms with Gasteiger partial charge in [0.05, 0.1) is 23.9 Å². The van der Waals surface area contributed by atoms with E-state index in [0.29, 0.717) is 0 Å². The highest BCUT2D eigenvalue weighted by Crippen LogP contribution is 2.16. The Labute approximate surface area is 141 Å². The van der Waals surface area contributed by atoms with Crippen molar-refractivity contribution < 1.29 is 9.53 Å². The molecule has 0 aliphatic rings. The Balaban J connectivity index is 1.84. The maximum Gasteiger partial charge on any atom is 0.315 e. The second-order valence-corrected chi connectivity index (χ2v) is 6.65. The van der Waals surface area contributed by atoms with Crippen molar-refractivity contribution in [2.45, 2.75) is 39.3 Å². The van der Waals surface area contributed by atoms with Crippen LogP contribution in [0.15, 0.2) is 29.6 Å². The van der Waals surface area contributed by atoms with Crippen molar-refractivity contribution in [2.75, 3.05) is 7.11 Å². The fourth-order valence-corrected chi connectivity index (χ4v) is 3.03. The molecule has 124 valence electrons. The first-order chi connectivity index (χ1) is 11.0. The standard InChI is InChI=1S/C17H23N3O2S/c1-11(8-14-6-5-7-15(9-14)22-4)18-17(21)19-12(2)16-10-23-13(3)20-16/h5-7,9-12H,8H2,1-4H3,(H2,18,19,21)/t11-,12+/m1/s1. The number of nitrogens with zero attached hydrogens (tertiary/aromatic N) is 1. The summed E-state index contributed by atoms with van der Waals surface area (Å²) < 4.78 is 5.22. The van der Waals surface area contributed by atoms with Crippen LogP contribution in [0.5, 0.6) is 5.75 Å². The molecule has 1 heterocycles. The van der Waals surface area contributed by atoms with Crippen LogP contribution in [0.4, 0.5) is 4.79 Å². The van der Waals surface area contributed by atoms with Gasteiger partial charge >= 0.3 is 6.03 Å². The number of amides is 2. The Hall–Kier alpha value is -2.08. The lowest BCUT2D eigenvalue weighted by Gasteiger charge is -2.17. The molecule has 0 fully saturated rings. The molecule has 0 radical (unpaired) electrons. The summed E-state index contributed by atoms with van der Waals surface area (Å²) in [7, 11) is 1.65. The number of benzene rings is 1. The summed E-state index contributed by atoms with van der Waals surface area (Å²) in [6, 6.07) is 7.60. The van der Waals surface area contributed by atoms with Crippen molar-refractivity contribution in [3.63, 3.8) is 0 Å². The predicted octanol–water partition coefficient (Wildman–Crippen LogP) is 3.45. The number of hydrogen-bond acceptors (Lipinski definition) is 4. The fourth-order valence-electron chi connectivity index (χ4n) is 2.32. The summed E-state index contributed by atoms with van der Waals surface area (Å²) >= 11 is 1.58. The lowest BCUT2D eigenvalue weighted by atomic mass is 10.1. The number of carbonyl (C=O) groups is 1. The SMILES string of the molecule is COc1cccc(C[C@@H](C)NC(=O)N[C@@H](C)c2csc(C)n2)c1. The highest BCUT2D eigenvalue weighted by Gasteiger charge is 2.14. The third-order valence-electron chi connectivity index (χ3n) is 3.48. The Morgan fingerprint density at radius 3 is 2.78 bits per heavy atom. The van der Waals surface area contributed by atoms with Gasteiger partial charge in [-0.3, -0.25) is 0 Å². The molecule has 1 aromatic carbocycles. The summed E-state index contributed by atoms with van der Waals surface area (Å²) in [6.45, 7) is 5.87. The molecule has 0 aliphatic carbocycles. The number of carbonyl (C=O) groups excluding carboxylic acids is 1. The molecular formula is C17H23N3O2S. The summed E-state index contributed by atoms with van der Waals surface area (Å²) in [5.74, 6) is 0.826. The number of rotatable bonds is 6. The molecule has 0 unspecified atom stereocenters. The van der Waals surface area contributed by atoms with Gasteiger partial charge in [0.1, 0.15) is 5.75 Å². The number of hydrogen-bond donors (Lipinski definition) is 2. The third-order valence-corrected chi connectivity index (χ3v) is 4.27. The Bertz CT molecular complexity index is 657. The topological polar surface area (TPSA) is 63.2 Å². The Morgan fingerprint density at radius 2 is 2.13 bits per heavy atom. The van der Waals surface area contributed by atoms with Crippen LogP contribution in [-0.2, 0) is 6.42 Å². The molecule has 0 saturated heterocycles. The van der Waals surface area contributed by atoms with Crippen molar-refractivity contribution in [3.05, 3.63) is 45.9 Å². The van der Waals surface area contributed by atoms with E-state index < -0.39 is 0 Å². The lowest BCUT2D eigenvalue weighted by molar-refractivity contribution is 0.234. The van der Waals surface area contributed by atoms with Crippen molar-refractivity contribution in [2.24, 2.45) is 0 Å². The number of methoxy groups -OCH3 is 1. The first kappa shape index (κ1) is 17.3. The molecule has 5 nitrogen and oxygen atoms in total. The second-order valence-electron chi connectivity index (χ2n) is 5.59. The molecule has 0 aliphatic heterocycles. The number of thiazole rings is 1. The van der Waals surface area contributed by atoms with Crippen LogP contribution in [0, 0.1) is 6.92 Å². The normalized spacial score (nSPS) is 13.2. The summed E-state index contributed by atoms with van der Waals surface area (Å²) in [5.41, 5.74) is 2.02. The molecule has 1 aromatic heterocycles. The Kier molecular flexibility index (Phi) is 5.98. The molecule has 23 heavy (non-hydrogen) atoms. The van der Waals surface area contributed by atoms with E-state index in [2.05, 4.69) is 15.6 Å². The first-order valence-corrected chi connectivity index (χ1v) is 8.48. The van der Waals surface area contributed by atoms with Crippen LogP contribution in [0.2, 0.25) is 0 Å². The maximum absolute atomic E-state index is 12.1. The lowest BCUT2D eigenvalue weighted by Crippen LogP contribution is -2.42. The molecule has 6 heteroatoms. The van der Waals surface area contributed by atoms with Crippen LogP contribution in [-0.4, -0.2) is 24.2 Å². The van der Waals surface area contributed by atoms with E-state index in [1.165, 1.54) is 0 Å². The van der Waals surface area contributed by atoms with E-state index in [0.717, 1.165) is 28.4 Å². The monoisotopic (exact) mass is 333 g/mol.